The van der Waals surface area contributed by atoms with Crippen molar-refractivity contribution in [3.8, 4) is 0 Å². The minimum atomic E-state index is -4.31. The second-order valence-electron chi connectivity index (χ2n) is 5.69. The van der Waals surface area contributed by atoms with Gasteiger partial charge in [0.25, 0.3) is 0 Å². The summed E-state index contributed by atoms with van der Waals surface area (Å²) in [4.78, 5) is 2.35. The van der Waals surface area contributed by atoms with Gasteiger partial charge in [-0.05, 0) is 56.0 Å². The zero-order valence-electron chi connectivity index (χ0n) is 12.6. The van der Waals surface area contributed by atoms with E-state index < -0.39 is 11.7 Å². The van der Waals surface area contributed by atoms with Crippen molar-refractivity contribution in [2.75, 3.05) is 32.0 Å². The molecule has 21 heavy (non-hydrogen) atoms. The van der Waals surface area contributed by atoms with Gasteiger partial charge in [0, 0.05) is 19.3 Å². The molecule has 118 valence electrons. The Morgan fingerprint density at radius 3 is 2.71 bits per heavy atom. The van der Waals surface area contributed by atoms with Crippen LogP contribution in [-0.2, 0) is 6.18 Å². The van der Waals surface area contributed by atoms with Crippen LogP contribution in [0.3, 0.4) is 0 Å². The predicted octanol–water partition coefficient (Wildman–Crippen LogP) is 4.34. The highest BCUT2D eigenvalue weighted by molar-refractivity contribution is 5.54. The number of hydrogen-bond acceptors (Lipinski definition) is 2. The van der Waals surface area contributed by atoms with Gasteiger partial charge in [-0.3, -0.25) is 0 Å². The molecule has 1 atom stereocenters. The fourth-order valence-electron chi connectivity index (χ4n) is 3.12. The van der Waals surface area contributed by atoms with E-state index in [0.717, 1.165) is 44.5 Å². The third-order valence-corrected chi connectivity index (χ3v) is 4.14. The Morgan fingerprint density at radius 1 is 1.33 bits per heavy atom. The van der Waals surface area contributed by atoms with Gasteiger partial charge >= 0.3 is 6.18 Å². The van der Waals surface area contributed by atoms with E-state index in [-0.39, 0.29) is 11.6 Å². The molecule has 1 aliphatic rings. The summed E-state index contributed by atoms with van der Waals surface area (Å²) in [6.07, 6.45) is -1.21. The highest BCUT2D eigenvalue weighted by atomic mass is 19.4. The van der Waals surface area contributed by atoms with Crippen LogP contribution in [0, 0.1) is 0 Å². The lowest BCUT2D eigenvalue weighted by Gasteiger charge is -2.33. The highest BCUT2D eigenvalue weighted by Gasteiger charge is 2.34. The number of nitrogens with zero attached hydrogens (tertiary/aromatic N) is 1. The van der Waals surface area contributed by atoms with E-state index in [9.17, 15) is 13.2 Å². The van der Waals surface area contributed by atoms with Crippen LogP contribution >= 0.6 is 0 Å². The number of benzene rings is 1. The molecule has 0 saturated carbocycles. The van der Waals surface area contributed by atoms with Crippen LogP contribution in [-0.4, -0.2) is 31.6 Å². The van der Waals surface area contributed by atoms with E-state index in [1.807, 2.05) is 6.07 Å². The van der Waals surface area contributed by atoms with Crippen LogP contribution in [0.1, 0.15) is 43.2 Å². The van der Waals surface area contributed by atoms with E-state index in [0.29, 0.717) is 0 Å². The largest absolute Gasteiger partial charge is 0.418 e. The summed E-state index contributed by atoms with van der Waals surface area (Å²) >= 11 is 0. The molecule has 0 aromatic heterocycles. The average Bonchev–Trinajstić information content (AvgIpc) is 2.46. The quantitative estimate of drug-likeness (QED) is 0.890. The summed E-state index contributed by atoms with van der Waals surface area (Å²) in [6, 6.07) is 4.71. The van der Waals surface area contributed by atoms with Gasteiger partial charge in [-0.2, -0.15) is 13.2 Å². The average molecular weight is 300 g/mol. The van der Waals surface area contributed by atoms with Crippen LogP contribution in [0.4, 0.5) is 18.9 Å². The molecular weight excluding hydrogens is 277 g/mol. The monoisotopic (exact) mass is 300 g/mol. The van der Waals surface area contributed by atoms with Crippen molar-refractivity contribution in [1.82, 2.24) is 4.90 Å². The Labute approximate surface area is 124 Å². The second-order valence-corrected chi connectivity index (χ2v) is 5.69. The zero-order valence-corrected chi connectivity index (χ0v) is 12.6. The number of alkyl halides is 3. The molecule has 1 aromatic carbocycles. The minimum Gasteiger partial charge on any atom is -0.388 e. The highest BCUT2D eigenvalue weighted by Crippen LogP contribution is 2.38. The summed E-state index contributed by atoms with van der Waals surface area (Å²) in [5.74, 6) is 0.206. The maximum absolute atomic E-state index is 13.1. The molecule has 1 heterocycles. The first-order valence-electron chi connectivity index (χ1n) is 7.57. The summed E-state index contributed by atoms with van der Waals surface area (Å²) in [6.45, 7) is 5.08. The number of hydrogen-bond donors (Lipinski definition) is 1. The van der Waals surface area contributed by atoms with Gasteiger partial charge in [-0.25, -0.2) is 0 Å². The Morgan fingerprint density at radius 2 is 2.10 bits per heavy atom. The Hall–Kier alpha value is -1.23. The number of anilines is 1. The molecule has 1 fully saturated rings. The van der Waals surface area contributed by atoms with Crippen LogP contribution in [0.5, 0.6) is 0 Å². The first-order chi connectivity index (χ1) is 9.95. The van der Waals surface area contributed by atoms with Crippen LogP contribution in [0.2, 0.25) is 0 Å². The van der Waals surface area contributed by atoms with Crippen molar-refractivity contribution in [2.24, 2.45) is 0 Å². The van der Waals surface area contributed by atoms with Crippen LogP contribution < -0.4 is 5.32 Å². The van der Waals surface area contributed by atoms with E-state index >= 15 is 0 Å². The van der Waals surface area contributed by atoms with Crippen molar-refractivity contribution in [3.05, 3.63) is 29.3 Å². The molecular formula is C16H23F3N2. The fourth-order valence-corrected chi connectivity index (χ4v) is 3.12. The molecule has 1 aromatic rings. The van der Waals surface area contributed by atoms with Gasteiger partial charge in [-0.15, -0.1) is 0 Å². The lowest BCUT2D eigenvalue weighted by molar-refractivity contribution is -0.137. The van der Waals surface area contributed by atoms with E-state index in [1.165, 1.54) is 13.1 Å². The topological polar surface area (TPSA) is 15.3 Å². The SMILES string of the molecule is CCCN1CCCC(c2ccc(NC)c(C(F)(F)F)c2)C1. The van der Waals surface area contributed by atoms with E-state index in [2.05, 4.69) is 17.1 Å². The van der Waals surface area contributed by atoms with Gasteiger partial charge in [0.1, 0.15) is 0 Å². The van der Waals surface area contributed by atoms with Crippen LogP contribution in [0.25, 0.3) is 0 Å². The summed E-state index contributed by atoms with van der Waals surface area (Å²) < 4.78 is 39.4. The maximum Gasteiger partial charge on any atom is 0.418 e. The molecule has 2 nitrogen and oxygen atoms in total. The maximum atomic E-state index is 13.1. The van der Waals surface area contributed by atoms with E-state index in [1.54, 1.807) is 6.07 Å². The number of rotatable bonds is 4. The smallest absolute Gasteiger partial charge is 0.388 e. The van der Waals surface area contributed by atoms with Gasteiger partial charge in [0.05, 0.1) is 5.56 Å². The van der Waals surface area contributed by atoms with Gasteiger partial charge in [0.2, 0.25) is 0 Å². The van der Waals surface area contributed by atoms with Gasteiger partial charge in [-0.1, -0.05) is 13.0 Å². The molecule has 1 N–H and O–H groups in total. The van der Waals surface area contributed by atoms with Gasteiger partial charge < -0.3 is 10.2 Å². The molecule has 1 saturated heterocycles. The Kier molecular flexibility index (Phi) is 5.14. The molecule has 2 rings (SSSR count). The first kappa shape index (κ1) is 16.1. The molecule has 5 heteroatoms. The molecule has 0 bridgehead atoms. The molecule has 0 aliphatic carbocycles. The number of nitrogens with one attached hydrogen (secondary N) is 1. The first-order valence-corrected chi connectivity index (χ1v) is 7.57. The molecule has 0 amide bonds. The van der Waals surface area contributed by atoms with Crippen molar-refractivity contribution >= 4 is 5.69 Å². The summed E-state index contributed by atoms with van der Waals surface area (Å²) in [5, 5.41) is 2.63. The number of likely N-dealkylation sites (tertiary alicyclic amines) is 1. The number of piperidine rings is 1. The molecule has 0 radical (unpaired) electrons. The minimum absolute atomic E-state index is 0.146. The van der Waals surface area contributed by atoms with Crippen molar-refractivity contribution < 1.29 is 13.2 Å². The normalized spacial score (nSPS) is 20.5. The summed E-state index contributed by atoms with van der Waals surface area (Å²) in [7, 11) is 1.52. The Bertz CT molecular complexity index is 469. The second kappa shape index (κ2) is 6.69. The lowest BCUT2D eigenvalue weighted by Crippen LogP contribution is -2.34. The molecule has 0 spiro atoms. The molecule has 1 unspecified atom stereocenters. The standard InChI is InChI=1S/C16H23F3N2/c1-3-8-21-9-4-5-13(11-21)12-6-7-15(20-2)14(10-12)16(17,18)19/h6-7,10,13,20H,3-5,8-9,11H2,1-2H3. The van der Waals surface area contributed by atoms with Crippen molar-refractivity contribution in [1.29, 1.82) is 0 Å². The predicted molar refractivity (Wildman–Crippen MR) is 79.7 cm³/mol. The van der Waals surface area contributed by atoms with E-state index in [4.69, 9.17) is 0 Å². The number of halogens is 3. The third kappa shape index (κ3) is 3.90. The fraction of sp³-hybridized carbons (Fsp3) is 0.625. The van der Waals surface area contributed by atoms with Crippen molar-refractivity contribution in [3.63, 3.8) is 0 Å². The summed E-state index contributed by atoms with van der Waals surface area (Å²) in [5.41, 5.74) is 0.393. The van der Waals surface area contributed by atoms with Crippen molar-refractivity contribution in [2.45, 2.75) is 38.3 Å². The third-order valence-electron chi connectivity index (χ3n) is 4.14. The Balaban J connectivity index is 2.24. The molecule has 1 aliphatic heterocycles. The zero-order chi connectivity index (χ0) is 15.5. The van der Waals surface area contributed by atoms with Gasteiger partial charge in [0.15, 0.2) is 0 Å². The lowest BCUT2D eigenvalue weighted by atomic mass is 9.89. The van der Waals surface area contributed by atoms with Crippen LogP contribution in [0.15, 0.2) is 18.2 Å².